The normalized spacial score (nSPS) is 14.2. The van der Waals surface area contributed by atoms with Crippen LogP contribution in [0.1, 0.15) is 18.7 Å². The van der Waals surface area contributed by atoms with Crippen LogP contribution in [-0.4, -0.2) is 33.2 Å². The number of nitrogens with one attached hydrogen (secondary N) is 1. The lowest BCUT2D eigenvalue weighted by atomic mass is 10.2. The quantitative estimate of drug-likeness (QED) is 0.782. The molecule has 1 N–H and O–H groups in total. The van der Waals surface area contributed by atoms with Crippen molar-refractivity contribution in [1.29, 1.82) is 0 Å². The molecule has 1 aromatic carbocycles. The maximum Gasteiger partial charge on any atom is 0.291 e. The Hall–Kier alpha value is -2.83. The molecule has 7 nitrogen and oxygen atoms in total. The summed E-state index contributed by atoms with van der Waals surface area (Å²) in [5.41, 5.74) is 1.06. The Labute approximate surface area is 137 Å². The fourth-order valence-electron chi connectivity index (χ4n) is 3.03. The first-order chi connectivity index (χ1) is 11.6. The molecule has 1 aliphatic rings. The summed E-state index contributed by atoms with van der Waals surface area (Å²) in [4.78, 5) is 24.7. The van der Waals surface area contributed by atoms with Crippen molar-refractivity contribution in [1.82, 2.24) is 19.5 Å². The summed E-state index contributed by atoms with van der Waals surface area (Å²) in [5.74, 6) is 1.17. The summed E-state index contributed by atoms with van der Waals surface area (Å²) in [6, 6.07) is 7.70. The van der Waals surface area contributed by atoms with Crippen molar-refractivity contribution in [2.75, 3.05) is 7.11 Å². The van der Waals surface area contributed by atoms with Crippen LogP contribution in [0.4, 0.5) is 0 Å². The average molecular weight is 326 g/mol. The van der Waals surface area contributed by atoms with Gasteiger partial charge in [0, 0.05) is 11.4 Å². The molecular weight excluding hydrogens is 308 g/mol. The van der Waals surface area contributed by atoms with Gasteiger partial charge in [-0.05, 0) is 38.0 Å². The maximum absolute atomic E-state index is 12.7. The molecule has 1 saturated carbocycles. The predicted molar refractivity (Wildman–Crippen MR) is 89.4 cm³/mol. The molecule has 0 bridgehead atoms. The highest BCUT2D eigenvalue weighted by Gasteiger charge is 2.24. The van der Waals surface area contributed by atoms with Crippen molar-refractivity contribution >= 4 is 22.3 Å². The third-order valence-corrected chi connectivity index (χ3v) is 4.30. The van der Waals surface area contributed by atoms with Crippen molar-refractivity contribution in [2.24, 2.45) is 0 Å². The van der Waals surface area contributed by atoms with Crippen LogP contribution in [0.2, 0.25) is 0 Å². The number of aryl methyl sites for hydroxylation is 1. The second kappa shape index (κ2) is 5.36. The van der Waals surface area contributed by atoms with E-state index in [0.29, 0.717) is 17.1 Å². The molecule has 1 aliphatic carbocycles. The molecule has 0 aliphatic heterocycles. The molecule has 1 amide bonds. The average Bonchev–Trinajstić information content (AvgIpc) is 3.27. The second-order valence-corrected chi connectivity index (χ2v) is 6.11. The number of amides is 1. The van der Waals surface area contributed by atoms with Gasteiger partial charge >= 0.3 is 0 Å². The van der Waals surface area contributed by atoms with Gasteiger partial charge in [0.05, 0.1) is 12.6 Å². The van der Waals surface area contributed by atoms with Crippen molar-refractivity contribution in [3.8, 4) is 5.75 Å². The Balaban J connectivity index is 1.86. The zero-order valence-corrected chi connectivity index (χ0v) is 13.6. The van der Waals surface area contributed by atoms with E-state index < -0.39 is 0 Å². The van der Waals surface area contributed by atoms with Gasteiger partial charge in [0.2, 0.25) is 5.91 Å². The number of benzene rings is 1. The molecule has 2 aromatic heterocycles. The zero-order chi connectivity index (χ0) is 16.8. The number of rotatable bonds is 4. The van der Waals surface area contributed by atoms with Gasteiger partial charge in [-0.25, -0.2) is 4.68 Å². The fraction of sp³-hybridized carbons (Fsp3) is 0.353. The van der Waals surface area contributed by atoms with E-state index in [9.17, 15) is 9.59 Å². The lowest BCUT2D eigenvalue weighted by Gasteiger charge is -2.09. The van der Waals surface area contributed by atoms with Gasteiger partial charge in [0.1, 0.15) is 23.6 Å². The molecule has 7 heteroatoms. The molecule has 0 saturated heterocycles. The monoisotopic (exact) mass is 326 g/mol. The smallest absolute Gasteiger partial charge is 0.291 e. The Bertz CT molecular complexity index is 1010. The molecule has 24 heavy (non-hydrogen) atoms. The number of hydrogen-bond donors (Lipinski definition) is 1. The minimum Gasteiger partial charge on any atom is -0.496 e. The van der Waals surface area contributed by atoms with Crippen LogP contribution in [-0.2, 0) is 11.3 Å². The van der Waals surface area contributed by atoms with Crippen molar-refractivity contribution in [3.05, 3.63) is 40.4 Å². The van der Waals surface area contributed by atoms with E-state index in [2.05, 4.69) is 10.4 Å². The van der Waals surface area contributed by atoms with E-state index in [1.54, 1.807) is 17.6 Å². The first-order valence-corrected chi connectivity index (χ1v) is 7.93. The molecule has 3 aromatic rings. The Morgan fingerprint density at radius 1 is 1.38 bits per heavy atom. The van der Waals surface area contributed by atoms with Gasteiger partial charge in [-0.3, -0.25) is 14.0 Å². The highest BCUT2D eigenvalue weighted by Crippen LogP contribution is 2.28. The van der Waals surface area contributed by atoms with Gasteiger partial charge in [-0.1, -0.05) is 6.07 Å². The summed E-state index contributed by atoms with van der Waals surface area (Å²) in [7, 11) is 1.60. The number of fused-ring (bicyclic) bond motifs is 3. The second-order valence-electron chi connectivity index (χ2n) is 6.11. The maximum atomic E-state index is 12.7. The van der Waals surface area contributed by atoms with Crippen LogP contribution in [0.25, 0.3) is 16.4 Å². The van der Waals surface area contributed by atoms with E-state index in [1.807, 2.05) is 25.1 Å². The summed E-state index contributed by atoms with van der Waals surface area (Å²) in [6.45, 7) is 1.76. The number of methoxy groups -OCH3 is 1. The standard InChI is InChI=1S/C17H18N4O3/c1-10-19-20(9-16(22)18-11-6-7-11)17(23)14-8-12-13(21(10)14)4-3-5-15(12)24-2/h3-5,8,11H,6-7,9H2,1-2H3,(H,18,22). The highest BCUT2D eigenvalue weighted by atomic mass is 16.5. The van der Waals surface area contributed by atoms with Gasteiger partial charge in [-0.15, -0.1) is 0 Å². The summed E-state index contributed by atoms with van der Waals surface area (Å²) in [6.07, 6.45) is 2.02. The fourth-order valence-corrected chi connectivity index (χ4v) is 3.03. The number of carbonyl (C=O) groups excluding carboxylic acids is 1. The van der Waals surface area contributed by atoms with Crippen molar-refractivity contribution in [3.63, 3.8) is 0 Å². The number of nitrogens with zero attached hydrogens (tertiary/aromatic N) is 3. The molecule has 4 rings (SSSR count). The van der Waals surface area contributed by atoms with E-state index in [-0.39, 0.29) is 24.1 Å². The van der Waals surface area contributed by atoms with Crippen LogP contribution >= 0.6 is 0 Å². The molecule has 124 valence electrons. The van der Waals surface area contributed by atoms with E-state index in [1.165, 1.54) is 4.68 Å². The first kappa shape index (κ1) is 14.7. The van der Waals surface area contributed by atoms with Crippen LogP contribution in [0.5, 0.6) is 5.75 Å². The largest absolute Gasteiger partial charge is 0.496 e. The van der Waals surface area contributed by atoms with E-state index in [0.717, 1.165) is 23.7 Å². The molecule has 0 radical (unpaired) electrons. The number of aromatic nitrogens is 3. The third-order valence-electron chi connectivity index (χ3n) is 4.30. The Morgan fingerprint density at radius 3 is 2.88 bits per heavy atom. The Kier molecular flexibility index (Phi) is 3.30. The summed E-state index contributed by atoms with van der Waals surface area (Å²) >= 11 is 0. The number of hydrogen-bond acceptors (Lipinski definition) is 4. The molecule has 1 fully saturated rings. The van der Waals surface area contributed by atoms with Gasteiger partial charge < -0.3 is 10.1 Å². The summed E-state index contributed by atoms with van der Waals surface area (Å²) < 4.78 is 8.41. The molecule has 0 spiro atoms. The minimum atomic E-state index is -0.287. The Morgan fingerprint density at radius 2 is 2.17 bits per heavy atom. The van der Waals surface area contributed by atoms with E-state index in [4.69, 9.17) is 4.74 Å². The van der Waals surface area contributed by atoms with Crippen LogP contribution in [0.15, 0.2) is 29.1 Å². The summed E-state index contributed by atoms with van der Waals surface area (Å²) in [5, 5.41) is 8.04. The lowest BCUT2D eigenvalue weighted by Crippen LogP contribution is -2.35. The first-order valence-electron chi connectivity index (χ1n) is 7.93. The van der Waals surface area contributed by atoms with Crippen LogP contribution in [0, 0.1) is 6.92 Å². The lowest BCUT2D eigenvalue weighted by molar-refractivity contribution is -0.122. The van der Waals surface area contributed by atoms with Crippen LogP contribution in [0.3, 0.4) is 0 Å². The van der Waals surface area contributed by atoms with Gasteiger partial charge in [0.15, 0.2) is 0 Å². The zero-order valence-electron chi connectivity index (χ0n) is 13.6. The van der Waals surface area contributed by atoms with Gasteiger partial charge in [0.25, 0.3) is 5.56 Å². The minimum absolute atomic E-state index is 0.0642. The molecule has 2 heterocycles. The predicted octanol–water partition coefficient (Wildman–Crippen LogP) is 1.24. The molecule has 0 atom stereocenters. The number of ether oxygens (including phenoxy) is 1. The third kappa shape index (κ3) is 2.33. The SMILES string of the molecule is COc1cccc2c1cc1c(=O)n(CC(=O)NC3CC3)nc(C)n12. The number of carbonyl (C=O) groups is 1. The topological polar surface area (TPSA) is 77.6 Å². The van der Waals surface area contributed by atoms with Gasteiger partial charge in [-0.2, -0.15) is 5.10 Å². The van der Waals surface area contributed by atoms with Crippen molar-refractivity contribution < 1.29 is 9.53 Å². The molecule has 0 unspecified atom stereocenters. The van der Waals surface area contributed by atoms with Crippen molar-refractivity contribution in [2.45, 2.75) is 32.4 Å². The highest BCUT2D eigenvalue weighted by molar-refractivity contribution is 5.92. The van der Waals surface area contributed by atoms with Crippen LogP contribution < -0.4 is 15.6 Å². The van der Waals surface area contributed by atoms with E-state index >= 15 is 0 Å². The molecular formula is C17H18N4O3.